The van der Waals surface area contributed by atoms with Crippen molar-refractivity contribution < 1.29 is 14.0 Å². The van der Waals surface area contributed by atoms with Crippen LogP contribution in [0.25, 0.3) is 10.2 Å². The predicted octanol–water partition coefficient (Wildman–Crippen LogP) is 3.63. The molecule has 0 bridgehead atoms. The summed E-state index contributed by atoms with van der Waals surface area (Å²) in [6.07, 6.45) is 2.77. The Hall–Kier alpha value is -2.87. The number of likely N-dealkylation sites (tertiary alicyclic amines) is 1. The minimum atomic E-state index is -0.305. The predicted molar refractivity (Wildman–Crippen MR) is 106 cm³/mol. The molecule has 0 spiro atoms. The smallest absolute Gasteiger partial charge is 0.272 e. The first-order valence-corrected chi connectivity index (χ1v) is 9.91. The van der Waals surface area contributed by atoms with Gasteiger partial charge in [-0.15, -0.1) is 0 Å². The molecule has 3 heterocycles. The fourth-order valence-electron chi connectivity index (χ4n) is 3.36. The summed E-state index contributed by atoms with van der Waals surface area (Å²) in [5, 5.41) is 3.33. The summed E-state index contributed by atoms with van der Waals surface area (Å²) in [4.78, 5) is 35.2. The number of anilines is 1. The van der Waals surface area contributed by atoms with Crippen molar-refractivity contribution in [2.45, 2.75) is 19.8 Å². The molecule has 0 aliphatic carbocycles. The van der Waals surface area contributed by atoms with Crippen LogP contribution in [0.3, 0.4) is 0 Å². The van der Waals surface area contributed by atoms with Crippen molar-refractivity contribution in [2.24, 2.45) is 5.92 Å². The maximum absolute atomic E-state index is 13.7. The molecule has 1 aliphatic heterocycles. The maximum Gasteiger partial charge on any atom is 0.272 e. The monoisotopic (exact) mass is 398 g/mol. The maximum atomic E-state index is 13.7. The van der Waals surface area contributed by atoms with Gasteiger partial charge in [0, 0.05) is 30.8 Å². The van der Waals surface area contributed by atoms with Crippen LogP contribution in [0.5, 0.6) is 0 Å². The first-order valence-electron chi connectivity index (χ1n) is 9.10. The third kappa shape index (κ3) is 3.60. The Morgan fingerprint density at radius 3 is 2.71 bits per heavy atom. The van der Waals surface area contributed by atoms with E-state index in [9.17, 15) is 14.0 Å². The second-order valence-electron chi connectivity index (χ2n) is 6.81. The average Bonchev–Trinajstić information content (AvgIpc) is 3.14. The highest BCUT2D eigenvalue weighted by Gasteiger charge is 2.28. The van der Waals surface area contributed by atoms with Crippen molar-refractivity contribution in [2.75, 3.05) is 18.4 Å². The van der Waals surface area contributed by atoms with Crippen LogP contribution in [-0.4, -0.2) is 39.8 Å². The first-order chi connectivity index (χ1) is 13.5. The standard InChI is InChI=1S/C20H19FN4O2S/c1-12-14(21)5-6-16-17(12)23-20(28-16)24-18(26)13-7-10-25(11-8-13)19(27)15-4-2-3-9-22-15/h2-6,9,13H,7-8,10-11H2,1H3,(H,23,24,26). The Morgan fingerprint density at radius 2 is 2.00 bits per heavy atom. The van der Waals surface area contributed by atoms with E-state index in [1.165, 1.54) is 17.4 Å². The van der Waals surface area contributed by atoms with Crippen molar-refractivity contribution in [1.29, 1.82) is 0 Å². The molecule has 1 aliphatic rings. The number of amides is 2. The van der Waals surface area contributed by atoms with E-state index in [0.717, 1.165) is 4.70 Å². The van der Waals surface area contributed by atoms with Gasteiger partial charge in [-0.05, 0) is 44.0 Å². The molecular formula is C20H19FN4O2S. The van der Waals surface area contributed by atoms with Crippen molar-refractivity contribution in [3.05, 3.63) is 53.6 Å². The molecule has 8 heteroatoms. The van der Waals surface area contributed by atoms with Crippen LogP contribution in [0.2, 0.25) is 0 Å². The molecule has 6 nitrogen and oxygen atoms in total. The van der Waals surface area contributed by atoms with Gasteiger partial charge in [-0.3, -0.25) is 14.6 Å². The largest absolute Gasteiger partial charge is 0.337 e. The zero-order chi connectivity index (χ0) is 19.7. The van der Waals surface area contributed by atoms with Crippen LogP contribution in [0.4, 0.5) is 9.52 Å². The van der Waals surface area contributed by atoms with Gasteiger partial charge in [0.2, 0.25) is 5.91 Å². The van der Waals surface area contributed by atoms with Gasteiger partial charge < -0.3 is 10.2 Å². The Kier molecular flexibility index (Phi) is 5.04. The third-order valence-corrected chi connectivity index (χ3v) is 5.95. The molecule has 2 amide bonds. The summed E-state index contributed by atoms with van der Waals surface area (Å²) in [5.74, 6) is -0.705. The molecular weight excluding hydrogens is 379 g/mol. The second kappa shape index (κ2) is 7.63. The molecule has 1 fully saturated rings. The van der Waals surface area contributed by atoms with E-state index in [1.807, 2.05) is 0 Å². The van der Waals surface area contributed by atoms with E-state index in [4.69, 9.17) is 0 Å². The number of carbonyl (C=O) groups excluding carboxylic acids is 2. The third-order valence-electron chi connectivity index (χ3n) is 5.01. The number of nitrogens with one attached hydrogen (secondary N) is 1. The molecule has 0 radical (unpaired) electrons. The van der Waals surface area contributed by atoms with Crippen LogP contribution in [0.15, 0.2) is 36.5 Å². The zero-order valence-corrected chi connectivity index (χ0v) is 16.1. The Balaban J connectivity index is 1.38. The molecule has 0 saturated carbocycles. The molecule has 2 aromatic heterocycles. The molecule has 1 saturated heterocycles. The van der Waals surface area contributed by atoms with E-state index >= 15 is 0 Å². The van der Waals surface area contributed by atoms with E-state index < -0.39 is 0 Å². The van der Waals surface area contributed by atoms with Gasteiger partial charge >= 0.3 is 0 Å². The molecule has 28 heavy (non-hydrogen) atoms. The lowest BCUT2D eigenvalue weighted by Crippen LogP contribution is -2.41. The van der Waals surface area contributed by atoms with Crippen LogP contribution in [0, 0.1) is 18.7 Å². The van der Waals surface area contributed by atoms with Gasteiger partial charge in [-0.25, -0.2) is 9.37 Å². The first kappa shape index (κ1) is 18.5. The minimum Gasteiger partial charge on any atom is -0.337 e. The summed E-state index contributed by atoms with van der Waals surface area (Å²) in [6.45, 7) is 2.70. The summed E-state index contributed by atoms with van der Waals surface area (Å²) in [5.41, 5.74) is 1.48. The molecule has 1 aromatic carbocycles. The van der Waals surface area contributed by atoms with E-state index in [-0.39, 0.29) is 23.5 Å². The van der Waals surface area contributed by atoms with Gasteiger partial charge in [-0.2, -0.15) is 0 Å². The SMILES string of the molecule is Cc1c(F)ccc2sc(NC(=O)C3CCN(C(=O)c4ccccn4)CC3)nc12. The van der Waals surface area contributed by atoms with Crippen LogP contribution < -0.4 is 5.32 Å². The van der Waals surface area contributed by atoms with Gasteiger partial charge in [0.05, 0.1) is 10.2 Å². The molecule has 3 aromatic rings. The number of thiazole rings is 1. The number of hydrogen-bond donors (Lipinski definition) is 1. The topological polar surface area (TPSA) is 75.2 Å². The second-order valence-corrected chi connectivity index (χ2v) is 7.84. The fraction of sp³-hybridized carbons (Fsp3) is 0.300. The number of nitrogens with zero attached hydrogens (tertiary/aromatic N) is 3. The average molecular weight is 398 g/mol. The van der Waals surface area contributed by atoms with Crippen molar-refractivity contribution in [3.63, 3.8) is 0 Å². The van der Waals surface area contributed by atoms with Crippen molar-refractivity contribution in [3.8, 4) is 0 Å². The summed E-state index contributed by atoms with van der Waals surface area (Å²) < 4.78 is 14.5. The van der Waals surface area contributed by atoms with Gasteiger partial charge in [-0.1, -0.05) is 17.4 Å². The van der Waals surface area contributed by atoms with E-state index in [0.29, 0.717) is 47.8 Å². The fourth-order valence-corrected chi connectivity index (χ4v) is 4.29. The Labute approximate surface area is 165 Å². The molecule has 0 atom stereocenters. The number of halogens is 1. The number of benzene rings is 1. The normalized spacial score (nSPS) is 15.0. The Bertz CT molecular complexity index is 1030. The van der Waals surface area contributed by atoms with Crippen molar-refractivity contribution >= 4 is 38.5 Å². The van der Waals surface area contributed by atoms with Crippen molar-refractivity contribution in [1.82, 2.24) is 14.9 Å². The molecule has 1 N–H and O–H groups in total. The van der Waals surface area contributed by atoms with Crippen LogP contribution >= 0.6 is 11.3 Å². The lowest BCUT2D eigenvalue weighted by molar-refractivity contribution is -0.121. The number of fused-ring (bicyclic) bond motifs is 1. The number of pyridine rings is 1. The number of hydrogen-bond acceptors (Lipinski definition) is 5. The molecule has 144 valence electrons. The lowest BCUT2D eigenvalue weighted by atomic mass is 9.96. The minimum absolute atomic E-state index is 0.108. The highest BCUT2D eigenvalue weighted by Crippen LogP contribution is 2.30. The van der Waals surface area contributed by atoms with E-state index in [1.54, 1.807) is 42.3 Å². The summed E-state index contributed by atoms with van der Waals surface area (Å²) in [7, 11) is 0. The number of carbonyl (C=O) groups is 2. The highest BCUT2D eigenvalue weighted by atomic mass is 32.1. The molecule has 0 unspecified atom stereocenters. The zero-order valence-electron chi connectivity index (χ0n) is 15.3. The lowest BCUT2D eigenvalue weighted by Gasteiger charge is -2.30. The number of aryl methyl sites for hydroxylation is 1. The van der Waals surface area contributed by atoms with Crippen LogP contribution in [-0.2, 0) is 4.79 Å². The van der Waals surface area contributed by atoms with Crippen LogP contribution in [0.1, 0.15) is 28.9 Å². The van der Waals surface area contributed by atoms with Gasteiger partial charge in [0.1, 0.15) is 11.5 Å². The number of rotatable bonds is 3. The quantitative estimate of drug-likeness (QED) is 0.731. The summed E-state index contributed by atoms with van der Waals surface area (Å²) >= 11 is 1.33. The Morgan fingerprint density at radius 1 is 1.21 bits per heavy atom. The summed E-state index contributed by atoms with van der Waals surface area (Å²) in [6, 6.07) is 8.33. The van der Waals surface area contributed by atoms with Gasteiger partial charge in [0.15, 0.2) is 5.13 Å². The van der Waals surface area contributed by atoms with Gasteiger partial charge in [0.25, 0.3) is 5.91 Å². The number of piperidine rings is 1. The molecule has 4 rings (SSSR count). The number of aromatic nitrogens is 2. The van der Waals surface area contributed by atoms with E-state index in [2.05, 4.69) is 15.3 Å². The highest BCUT2D eigenvalue weighted by molar-refractivity contribution is 7.22.